The van der Waals surface area contributed by atoms with Crippen LogP contribution in [0.3, 0.4) is 0 Å². The highest BCUT2D eigenvalue weighted by atomic mass is 35.5. The molecule has 0 amide bonds. The van der Waals surface area contributed by atoms with Gasteiger partial charge in [-0.15, -0.1) is 0 Å². The van der Waals surface area contributed by atoms with Crippen LogP contribution in [0.2, 0.25) is 5.02 Å². The van der Waals surface area contributed by atoms with Gasteiger partial charge in [0.25, 0.3) is 5.56 Å². The van der Waals surface area contributed by atoms with Gasteiger partial charge in [0, 0.05) is 31.2 Å². The molecule has 0 N–H and O–H groups in total. The number of thioether (sulfide) groups is 1. The predicted molar refractivity (Wildman–Crippen MR) is 143 cm³/mol. The molecule has 7 heteroatoms. The molecule has 5 nitrogen and oxygen atoms in total. The van der Waals surface area contributed by atoms with Crippen LogP contribution in [0, 0.1) is 0 Å². The molecule has 4 aromatic rings. The van der Waals surface area contributed by atoms with Gasteiger partial charge in [-0.25, -0.2) is 4.98 Å². The van der Waals surface area contributed by atoms with Gasteiger partial charge in [0.1, 0.15) is 0 Å². The molecule has 0 radical (unpaired) electrons. The number of morpholine rings is 1. The van der Waals surface area contributed by atoms with E-state index >= 15 is 0 Å². The second kappa shape index (κ2) is 11.4. The molecule has 1 aliphatic rings. The highest BCUT2D eigenvalue weighted by molar-refractivity contribution is 7.99. The first-order valence-corrected chi connectivity index (χ1v) is 13.2. The summed E-state index contributed by atoms with van der Waals surface area (Å²) in [4.78, 5) is 21.0. The number of benzene rings is 3. The summed E-state index contributed by atoms with van der Waals surface area (Å²) in [7, 11) is 0. The first kappa shape index (κ1) is 24.1. The number of fused-ring (bicyclic) bond motifs is 1. The fourth-order valence-corrected chi connectivity index (χ4v) is 5.79. The molecule has 1 fully saturated rings. The number of aromatic nitrogens is 2. The van der Waals surface area contributed by atoms with Crippen molar-refractivity contribution in [2.24, 2.45) is 0 Å². The Bertz CT molecular complexity index is 1320. The fourth-order valence-electron chi connectivity index (χ4n) is 4.41. The van der Waals surface area contributed by atoms with Gasteiger partial charge < -0.3 is 4.74 Å². The Morgan fingerprint density at radius 2 is 1.57 bits per heavy atom. The molecular formula is C28H28ClN3O2S. The molecule has 0 unspecified atom stereocenters. The van der Waals surface area contributed by atoms with Crippen LogP contribution < -0.4 is 5.56 Å². The summed E-state index contributed by atoms with van der Waals surface area (Å²) in [5.41, 5.74) is 3.02. The smallest absolute Gasteiger partial charge is 0.262 e. The zero-order chi connectivity index (χ0) is 24.0. The molecule has 1 atom stereocenters. The molecule has 180 valence electrons. The molecule has 0 saturated carbocycles. The molecule has 0 aliphatic carbocycles. The summed E-state index contributed by atoms with van der Waals surface area (Å²) in [5.74, 6) is 0. The van der Waals surface area contributed by atoms with Crippen molar-refractivity contribution in [2.45, 2.75) is 23.4 Å². The topological polar surface area (TPSA) is 47.4 Å². The van der Waals surface area contributed by atoms with E-state index in [1.165, 1.54) is 0 Å². The Morgan fingerprint density at radius 3 is 2.34 bits per heavy atom. The van der Waals surface area contributed by atoms with Gasteiger partial charge in [-0.1, -0.05) is 78.0 Å². The highest BCUT2D eigenvalue weighted by Gasteiger charge is 2.21. The summed E-state index contributed by atoms with van der Waals surface area (Å²) < 4.78 is 7.33. The number of nitrogens with zero attached hydrogens (tertiary/aromatic N) is 3. The first-order chi connectivity index (χ1) is 17.2. The maximum Gasteiger partial charge on any atom is 0.262 e. The summed E-state index contributed by atoms with van der Waals surface area (Å²) in [5, 5.41) is 2.08. The maximum absolute atomic E-state index is 13.6. The number of rotatable bonds is 8. The van der Waals surface area contributed by atoms with Crippen molar-refractivity contribution in [2.75, 3.05) is 32.8 Å². The largest absolute Gasteiger partial charge is 0.379 e. The minimum absolute atomic E-state index is 0.0167. The Balaban J connectivity index is 1.50. The fraction of sp³-hybridized carbons (Fsp3) is 0.286. The van der Waals surface area contributed by atoms with Crippen LogP contribution in [0.5, 0.6) is 0 Å². The number of ether oxygens (including phenoxy) is 1. The summed E-state index contributed by atoms with van der Waals surface area (Å²) in [6.45, 7) is 5.00. The minimum Gasteiger partial charge on any atom is -0.379 e. The molecule has 0 bridgehead atoms. The quantitative estimate of drug-likeness (QED) is 0.228. The number of hydrogen-bond acceptors (Lipinski definition) is 5. The molecule has 2 heterocycles. The van der Waals surface area contributed by atoms with Crippen LogP contribution in [-0.4, -0.2) is 47.3 Å². The van der Waals surface area contributed by atoms with Gasteiger partial charge in [0.05, 0.1) is 29.4 Å². The standard InChI is InChI=1S/C28H28ClN3O2S/c29-23-13-11-22(12-14-23)26(21-7-2-1-3-8-21)35-28-30-25-10-5-4-9-24(25)27(33)32(28)16-6-15-31-17-19-34-20-18-31/h1-5,7-14,26H,6,15-20H2/t26-/m0/s1. The van der Waals surface area contributed by atoms with Gasteiger partial charge in [-0.05, 0) is 41.8 Å². The third-order valence-corrected chi connectivity index (χ3v) is 7.84. The van der Waals surface area contributed by atoms with Crippen LogP contribution >= 0.6 is 23.4 Å². The number of hydrogen-bond donors (Lipinski definition) is 0. The summed E-state index contributed by atoms with van der Waals surface area (Å²) in [6, 6.07) is 25.9. The van der Waals surface area contributed by atoms with Gasteiger partial charge in [-0.3, -0.25) is 14.3 Å². The lowest BCUT2D eigenvalue weighted by molar-refractivity contribution is 0.0368. The van der Waals surface area contributed by atoms with Crippen molar-refractivity contribution in [3.63, 3.8) is 0 Å². The molecule has 0 spiro atoms. The molecular weight excluding hydrogens is 478 g/mol. The van der Waals surface area contributed by atoms with E-state index in [9.17, 15) is 4.79 Å². The van der Waals surface area contributed by atoms with Gasteiger partial charge in [-0.2, -0.15) is 0 Å². The van der Waals surface area contributed by atoms with Crippen LogP contribution in [-0.2, 0) is 11.3 Å². The van der Waals surface area contributed by atoms with E-state index in [2.05, 4.69) is 29.2 Å². The number of halogens is 1. The van der Waals surface area contributed by atoms with E-state index in [-0.39, 0.29) is 10.8 Å². The van der Waals surface area contributed by atoms with Gasteiger partial charge in [0.15, 0.2) is 5.16 Å². The van der Waals surface area contributed by atoms with Crippen molar-refractivity contribution in [3.05, 3.63) is 105 Å². The van der Waals surface area contributed by atoms with Crippen LogP contribution in [0.1, 0.15) is 22.8 Å². The average Bonchev–Trinajstić information content (AvgIpc) is 2.90. The van der Waals surface area contributed by atoms with E-state index in [0.717, 1.165) is 61.1 Å². The predicted octanol–water partition coefficient (Wildman–Crippen LogP) is 5.65. The zero-order valence-corrected chi connectivity index (χ0v) is 21.0. The molecule has 5 rings (SSSR count). The second-order valence-corrected chi connectivity index (χ2v) is 10.1. The lowest BCUT2D eigenvalue weighted by atomic mass is 10.0. The average molecular weight is 506 g/mol. The first-order valence-electron chi connectivity index (χ1n) is 12.0. The third-order valence-electron chi connectivity index (χ3n) is 6.28. The maximum atomic E-state index is 13.6. The van der Waals surface area contributed by atoms with Crippen LogP contribution in [0.4, 0.5) is 0 Å². The minimum atomic E-state index is -0.0213. The lowest BCUT2D eigenvalue weighted by Crippen LogP contribution is -2.37. The van der Waals surface area contributed by atoms with E-state index in [1.807, 2.05) is 59.2 Å². The van der Waals surface area contributed by atoms with Crippen molar-refractivity contribution >= 4 is 34.3 Å². The van der Waals surface area contributed by atoms with E-state index in [4.69, 9.17) is 21.3 Å². The Labute approximate surface area is 214 Å². The van der Waals surface area contributed by atoms with Crippen molar-refractivity contribution in [3.8, 4) is 0 Å². The molecule has 35 heavy (non-hydrogen) atoms. The van der Waals surface area contributed by atoms with Gasteiger partial charge >= 0.3 is 0 Å². The molecule has 1 aromatic heterocycles. The number of para-hydroxylation sites is 1. The Hall–Kier alpha value is -2.64. The summed E-state index contributed by atoms with van der Waals surface area (Å²) >= 11 is 7.80. The molecule has 1 aliphatic heterocycles. The normalized spacial score (nSPS) is 15.3. The van der Waals surface area contributed by atoms with E-state index < -0.39 is 0 Å². The summed E-state index contributed by atoms with van der Waals surface area (Å²) in [6.07, 6.45) is 0.879. The van der Waals surface area contributed by atoms with E-state index in [1.54, 1.807) is 11.8 Å². The monoisotopic (exact) mass is 505 g/mol. The molecule has 1 saturated heterocycles. The Kier molecular flexibility index (Phi) is 7.84. The lowest BCUT2D eigenvalue weighted by Gasteiger charge is -2.26. The van der Waals surface area contributed by atoms with Crippen LogP contribution in [0.25, 0.3) is 10.9 Å². The third kappa shape index (κ3) is 5.78. The van der Waals surface area contributed by atoms with Crippen molar-refractivity contribution < 1.29 is 4.74 Å². The second-order valence-electron chi connectivity index (χ2n) is 8.64. The van der Waals surface area contributed by atoms with Gasteiger partial charge in [0.2, 0.25) is 0 Å². The van der Waals surface area contributed by atoms with E-state index in [0.29, 0.717) is 17.0 Å². The van der Waals surface area contributed by atoms with Crippen LogP contribution in [0.15, 0.2) is 88.8 Å². The van der Waals surface area contributed by atoms with Crippen molar-refractivity contribution in [1.29, 1.82) is 0 Å². The zero-order valence-electron chi connectivity index (χ0n) is 19.5. The van der Waals surface area contributed by atoms with Crippen molar-refractivity contribution in [1.82, 2.24) is 14.5 Å². The molecule has 3 aromatic carbocycles. The SMILES string of the molecule is O=c1c2ccccc2nc(S[C@@H](c2ccccc2)c2ccc(Cl)cc2)n1CCCN1CCOCC1. The highest BCUT2D eigenvalue weighted by Crippen LogP contribution is 2.40. The Morgan fingerprint density at radius 1 is 0.886 bits per heavy atom.